The minimum absolute atomic E-state index is 0. The van der Waals surface area contributed by atoms with E-state index in [-0.39, 0.29) is 36.8 Å². The summed E-state index contributed by atoms with van der Waals surface area (Å²) in [6.45, 7) is 5.96. The molecule has 2 aliphatic heterocycles. The first kappa shape index (κ1) is 25.0. The first-order valence-corrected chi connectivity index (χ1v) is 9.21. The lowest BCUT2D eigenvalue weighted by molar-refractivity contribution is -0.160. The molecule has 0 aliphatic carbocycles. The third kappa shape index (κ3) is 5.13. The van der Waals surface area contributed by atoms with Crippen molar-refractivity contribution in [2.45, 2.75) is 31.4 Å². The van der Waals surface area contributed by atoms with Crippen LogP contribution in [0, 0.1) is 11.6 Å². The van der Waals surface area contributed by atoms with Crippen LogP contribution in [0.25, 0.3) is 0 Å². The van der Waals surface area contributed by atoms with Gasteiger partial charge in [0.25, 0.3) is 5.91 Å². The highest BCUT2D eigenvalue weighted by Crippen LogP contribution is 2.28. The minimum Gasteiger partial charge on any atom is -0.368 e. The molecule has 2 fully saturated rings. The van der Waals surface area contributed by atoms with Gasteiger partial charge in [0.05, 0.1) is 0 Å². The normalized spacial score (nSPS) is 20.6. The number of benzene rings is 1. The van der Waals surface area contributed by atoms with Gasteiger partial charge in [-0.15, -0.1) is 24.8 Å². The zero-order valence-corrected chi connectivity index (χ0v) is 17.9. The second-order valence-electron chi connectivity index (χ2n) is 7.12. The summed E-state index contributed by atoms with van der Waals surface area (Å²) in [6, 6.07) is 3.55. The summed E-state index contributed by atoms with van der Waals surface area (Å²) < 4.78 is 32.8. The number of halogens is 4. The summed E-state index contributed by atoms with van der Waals surface area (Å²) in [6.07, 6.45) is 1.36. The number of rotatable bonds is 4. The van der Waals surface area contributed by atoms with Crippen LogP contribution in [0.2, 0.25) is 0 Å². The number of carbonyl (C=O) groups is 1. The highest BCUT2D eigenvalue weighted by molar-refractivity contribution is 5.86. The van der Waals surface area contributed by atoms with Crippen LogP contribution in [0.4, 0.5) is 8.78 Å². The molecule has 0 aromatic heterocycles. The van der Waals surface area contributed by atoms with E-state index < -0.39 is 17.2 Å². The maximum Gasteiger partial charge on any atom is 0.254 e. The summed E-state index contributed by atoms with van der Waals surface area (Å²) in [5.41, 5.74) is -0.236. The molecule has 1 atom stereocenters. The number of hydrogen-bond acceptors (Lipinski definition) is 4. The first-order valence-electron chi connectivity index (χ1n) is 9.21. The van der Waals surface area contributed by atoms with Crippen LogP contribution in [-0.2, 0) is 9.53 Å². The fourth-order valence-electron chi connectivity index (χ4n) is 3.97. The van der Waals surface area contributed by atoms with E-state index >= 15 is 0 Å². The Morgan fingerprint density at radius 1 is 1.14 bits per heavy atom. The van der Waals surface area contributed by atoms with Crippen molar-refractivity contribution in [1.82, 2.24) is 15.1 Å². The molecule has 28 heavy (non-hydrogen) atoms. The smallest absolute Gasteiger partial charge is 0.254 e. The van der Waals surface area contributed by atoms with Gasteiger partial charge >= 0.3 is 0 Å². The zero-order valence-electron chi connectivity index (χ0n) is 16.2. The molecule has 0 radical (unpaired) electrons. The van der Waals surface area contributed by atoms with Gasteiger partial charge < -0.3 is 15.0 Å². The Hall–Kier alpha value is -0.990. The van der Waals surface area contributed by atoms with Gasteiger partial charge in [-0.2, -0.15) is 0 Å². The minimum atomic E-state index is -0.720. The zero-order chi connectivity index (χ0) is 18.7. The van der Waals surface area contributed by atoms with Crippen molar-refractivity contribution in [2.75, 3.05) is 46.4 Å². The quantitative estimate of drug-likeness (QED) is 0.783. The third-order valence-corrected chi connectivity index (χ3v) is 5.75. The molecule has 3 rings (SSSR count). The van der Waals surface area contributed by atoms with E-state index in [1.54, 1.807) is 7.11 Å². The molecule has 1 aromatic rings. The predicted octanol–water partition coefficient (Wildman–Crippen LogP) is 2.78. The average molecular weight is 440 g/mol. The number of nitrogens with one attached hydrogen (secondary N) is 1. The number of ether oxygens (including phenoxy) is 1. The summed E-state index contributed by atoms with van der Waals surface area (Å²) in [5.74, 6) is -1.04. The van der Waals surface area contributed by atoms with Crippen molar-refractivity contribution >= 4 is 30.7 Å². The van der Waals surface area contributed by atoms with Gasteiger partial charge in [-0.3, -0.25) is 9.69 Å². The molecule has 2 heterocycles. The number of amides is 1. The number of nitrogens with zero attached hydrogens (tertiary/aromatic N) is 2. The molecule has 2 aliphatic rings. The van der Waals surface area contributed by atoms with Crippen LogP contribution >= 0.6 is 24.8 Å². The van der Waals surface area contributed by atoms with Gasteiger partial charge in [0.2, 0.25) is 0 Å². The van der Waals surface area contributed by atoms with E-state index in [9.17, 15) is 13.6 Å². The number of piperazine rings is 1. The monoisotopic (exact) mass is 439 g/mol. The topological polar surface area (TPSA) is 44.8 Å². The fourth-order valence-corrected chi connectivity index (χ4v) is 3.97. The molecule has 9 heteroatoms. The lowest BCUT2D eigenvalue weighted by Crippen LogP contribution is -2.59. The van der Waals surface area contributed by atoms with Gasteiger partial charge in [0.15, 0.2) is 0 Å². The molecule has 2 saturated heterocycles. The second kappa shape index (κ2) is 10.7. The first-order chi connectivity index (χ1) is 12.5. The second-order valence-corrected chi connectivity index (χ2v) is 7.12. The third-order valence-electron chi connectivity index (χ3n) is 5.75. The molecule has 1 N–H and O–H groups in total. The SMILES string of the molecule is COC1(C(=O)N2CCN(C(C)c3ccc(F)cc3F)CC2)CCNCC1.Cl.Cl. The molecule has 0 spiro atoms. The van der Waals surface area contributed by atoms with Crippen molar-refractivity contribution in [3.05, 3.63) is 35.4 Å². The summed E-state index contributed by atoms with van der Waals surface area (Å²) in [5, 5.41) is 3.26. The Labute approximate surface area is 177 Å². The molecule has 160 valence electrons. The molecule has 0 bridgehead atoms. The van der Waals surface area contributed by atoms with Crippen molar-refractivity contribution in [2.24, 2.45) is 0 Å². The largest absolute Gasteiger partial charge is 0.368 e. The van der Waals surface area contributed by atoms with Gasteiger partial charge in [-0.05, 0) is 38.9 Å². The van der Waals surface area contributed by atoms with E-state index in [0.717, 1.165) is 19.2 Å². The maximum absolute atomic E-state index is 14.0. The molecular formula is C19H29Cl2F2N3O2. The van der Waals surface area contributed by atoms with Gasteiger partial charge in [0.1, 0.15) is 17.2 Å². The van der Waals surface area contributed by atoms with Crippen molar-refractivity contribution in [3.8, 4) is 0 Å². The Morgan fingerprint density at radius 3 is 2.29 bits per heavy atom. The van der Waals surface area contributed by atoms with Gasteiger partial charge in [-0.25, -0.2) is 8.78 Å². The molecule has 1 amide bonds. The number of piperidine rings is 1. The average Bonchev–Trinajstić information content (AvgIpc) is 2.67. The summed E-state index contributed by atoms with van der Waals surface area (Å²) >= 11 is 0. The summed E-state index contributed by atoms with van der Waals surface area (Å²) in [7, 11) is 1.61. The van der Waals surface area contributed by atoms with Crippen LogP contribution < -0.4 is 5.32 Å². The predicted molar refractivity (Wildman–Crippen MR) is 109 cm³/mol. The molecular weight excluding hydrogens is 411 g/mol. The summed E-state index contributed by atoms with van der Waals surface area (Å²) in [4.78, 5) is 17.0. The molecule has 5 nitrogen and oxygen atoms in total. The lowest BCUT2D eigenvalue weighted by atomic mass is 9.90. The van der Waals surface area contributed by atoms with E-state index in [0.29, 0.717) is 44.6 Å². The van der Waals surface area contributed by atoms with Crippen LogP contribution in [0.5, 0.6) is 0 Å². The fraction of sp³-hybridized carbons (Fsp3) is 0.632. The van der Waals surface area contributed by atoms with Crippen molar-refractivity contribution in [1.29, 1.82) is 0 Å². The van der Waals surface area contributed by atoms with Crippen LogP contribution in [0.1, 0.15) is 31.4 Å². The lowest BCUT2D eigenvalue weighted by Gasteiger charge is -2.43. The number of hydrogen-bond donors (Lipinski definition) is 1. The van der Waals surface area contributed by atoms with Gasteiger partial charge in [-0.1, -0.05) is 6.07 Å². The molecule has 1 unspecified atom stereocenters. The standard InChI is InChI=1S/C19H27F2N3O2.2ClH/c1-14(16-4-3-15(20)13-17(16)21)23-9-11-24(12-10-23)18(25)19(26-2)5-7-22-8-6-19;;/h3-4,13-14,22H,5-12H2,1-2H3;2*1H. The highest BCUT2D eigenvalue weighted by atomic mass is 35.5. The van der Waals surface area contributed by atoms with E-state index in [2.05, 4.69) is 10.2 Å². The Bertz CT molecular complexity index is 652. The highest BCUT2D eigenvalue weighted by Gasteiger charge is 2.43. The van der Waals surface area contributed by atoms with E-state index in [1.165, 1.54) is 12.1 Å². The Morgan fingerprint density at radius 2 is 1.75 bits per heavy atom. The molecule has 0 saturated carbocycles. The van der Waals surface area contributed by atoms with Crippen LogP contribution in [0.3, 0.4) is 0 Å². The van der Waals surface area contributed by atoms with Crippen molar-refractivity contribution < 1.29 is 18.3 Å². The van der Waals surface area contributed by atoms with Crippen LogP contribution in [-0.4, -0.2) is 67.7 Å². The van der Waals surface area contributed by atoms with Crippen LogP contribution in [0.15, 0.2) is 18.2 Å². The number of carbonyl (C=O) groups excluding carboxylic acids is 1. The maximum atomic E-state index is 14.0. The van der Waals surface area contributed by atoms with Crippen molar-refractivity contribution in [3.63, 3.8) is 0 Å². The Balaban J connectivity index is 0.00000196. The number of methoxy groups -OCH3 is 1. The van der Waals surface area contributed by atoms with E-state index in [1.807, 2.05) is 11.8 Å². The van der Waals surface area contributed by atoms with Gasteiger partial charge in [0, 0.05) is 51.0 Å². The Kier molecular flexibility index (Phi) is 9.56. The van der Waals surface area contributed by atoms with E-state index in [4.69, 9.17) is 4.74 Å². The molecule has 1 aromatic carbocycles.